The zero-order chi connectivity index (χ0) is 8.32. The van der Waals surface area contributed by atoms with Crippen LogP contribution >= 0.6 is 7.75 Å². The van der Waals surface area contributed by atoms with Crippen LogP contribution in [0.5, 0.6) is 0 Å². The largest absolute Gasteiger partial charge is 0.406 e. The first-order valence-electron chi connectivity index (χ1n) is 3.34. The summed E-state index contributed by atoms with van der Waals surface area (Å²) in [4.78, 5) is 0. The SMILES string of the molecule is C#CC1COP(=O)(NCC)O1. The number of nitrogens with one attached hydrogen (secondary N) is 1. The molecule has 0 aromatic heterocycles. The summed E-state index contributed by atoms with van der Waals surface area (Å²) in [5.74, 6) is 2.32. The topological polar surface area (TPSA) is 47.6 Å². The molecular formula is C6H10NO3P. The monoisotopic (exact) mass is 175 g/mol. The predicted molar refractivity (Wildman–Crippen MR) is 40.9 cm³/mol. The second-order valence-corrected chi connectivity index (χ2v) is 3.85. The Bertz CT molecular complexity index is 222. The highest BCUT2D eigenvalue weighted by atomic mass is 31.2. The Kier molecular flexibility index (Phi) is 2.69. The van der Waals surface area contributed by atoms with E-state index in [1.807, 2.05) is 6.92 Å². The van der Waals surface area contributed by atoms with Gasteiger partial charge in [-0.25, -0.2) is 9.65 Å². The molecule has 62 valence electrons. The maximum Gasteiger partial charge on any atom is 0.406 e. The minimum atomic E-state index is -3.04. The first kappa shape index (κ1) is 8.76. The van der Waals surface area contributed by atoms with E-state index in [1.165, 1.54) is 0 Å². The lowest BCUT2D eigenvalue weighted by molar-refractivity contribution is 0.294. The van der Waals surface area contributed by atoms with Crippen molar-refractivity contribution in [2.75, 3.05) is 13.2 Å². The first-order valence-corrected chi connectivity index (χ1v) is 4.88. The van der Waals surface area contributed by atoms with Crippen LogP contribution in [0.15, 0.2) is 0 Å². The van der Waals surface area contributed by atoms with Crippen LogP contribution in [0, 0.1) is 12.3 Å². The van der Waals surface area contributed by atoms with Crippen LogP contribution in [0.4, 0.5) is 0 Å². The van der Waals surface area contributed by atoms with Gasteiger partial charge in [0.25, 0.3) is 0 Å². The van der Waals surface area contributed by atoms with Gasteiger partial charge < -0.3 is 0 Å². The highest BCUT2D eigenvalue weighted by molar-refractivity contribution is 7.51. The van der Waals surface area contributed by atoms with E-state index in [-0.39, 0.29) is 6.61 Å². The van der Waals surface area contributed by atoms with Gasteiger partial charge in [0.2, 0.25) is 0 Å². The van der Waals surface area contributed by atoms with Crippen molar-refractivity contribution in [3.63, 3.8) is 0 Å². The molecule has 1 N–H and O–H groups in total. The van der Waals surface area contributed by atoms with Crippen LogP contribution in [-0.2, 0) is 13.6 Å². The van der Waals surface area contributed by atoms with Crippen molar-refractivity contribution in [3.8, 4) is 12.3 Å². The van der Waals surface area contributed by atoms with Gasteiger partial charge in [-0.2, -0.15) is 0 Å². The molecule has 0 bridgehead atoms. The lowest BCUT2D eigenvalue weighted by Gasteiger charge is -2.08. The van der Waals surface area contributed by atoms with E-state index in [9.17, 15) is 4.57 Å². The molecule has 11 heavy (non-hydrogen) atoms. The van der Waals surface area contributed by atoms with Crippen LogP contribution in [0.1, 0.15) is 6.92 Å². The van der Waals surface area contributed by atoms with Gasteiger partial charge in [0, 0.05) is 6.54 Å². The van der Waals surface area contributed by atoms with Crippen molar-refractivity contribution in [2.24, 2.45) is 0 Å². The van der Waals surface area contributed by atoms with Crippen molar-refractivity contribution < 1.29 is 13.6 Å². The molecule has 0 aliphatic carbocycles. The molecule has 4 nitrogen and oxygen atoms in total. The zero-order valence-corrected chi connectivity index (χ0v) is 7.14. The van der Waals surface area contributed by atoms with Crippen LogP contribution in [0.3, 0.4) is 0 Å². The number of hydrogen-bond acceptors (Lipinski definition) is 3. The molecule has 5 heteroatoms. The maximum absolute atomic E-state index is 11.3. The third-order valence-corrected chi connectivity index (χ3v) is 2.92. The summed E-state index contributed by atoms with van der Waals surface area (Å²) in [5.41, 5.74) is 0. The highest BCUT2D eigenvalue weighted by Crippen LogP contribution is 2.49. The van der Waals surface area contributed by atoms with E-state index in [1.54, 1.807) is 0 Å². The standard InChI is InChI=1S/C6H10NO3P/c1-3-6-5-9-11(8,10-6)7-4-2/h1,6H,4-5H2,2H3,(H,7,8). The molecule has 1 rings (SSSR count). The summed E-state index contributed by atoms with van der Waals surface area (Å²) in [6.45, 7) is 2.56. The fourth-order valence-corrected chi connectivity index (χ4v) is 2.15. The van der Waals surface area contributed by atoms with Gasteiger partial charge in [-0.1, -0.05) is 12.8 Å². The van der Waals surface area contributed by atoms with Crippen LogP contribution < -0.4 is 5.09 Å². The molecule has 1 saturated heterocycles. The molecule has 0 spiro atoms. The van der Waals surface area contributed by atoms with Gasteiger partial charge in [0.1, 0.15) is 0 Å². The second-order valence-electron chi connectivity index (χ2n) is 2.07. The van der Waals surface area contributed by atoms with Crippen molar-refractivity contribution in [1.82, 2.24) is 5.09 Å². The lowest BCUT2D eigenvalue weighted by Crippen LogP contribution is -2.10. The molecule has 0 amide bonds. The van der Waals surface area contributed by atoms with Gasteiger partial charge in [0.05, 0.1) is 6.61 Å². The van der Waals surface area contributed by atoms with E-state index in [2.05, 4.69) is 11.0 Å². The van der Waals surface area contributed by atoms with E-state index >= 15 is 0 Å². The second kappa shape index (κ2) is 3.38. The third-order valence-electron chi connectivity index (χ3n) is 1.20. The minimum absolute atomic E-state index is 0.209. The summed E-state index contributed by atoms with van der Waals surface area (Å²) >= 11 is 0. The van der Waals surface area contributed by atoms with Crippen molar-refractivity contribution in [3.05, 3.63) is 0 Å². The van der Waals surface area contributed by atoms with E-state index in [0.29, 0.717) is 6.54 Å². The predicted octanol–water partition coefficient (Wildman–Crippen LogP) is 0.753. The number of hydrogen-bond donors (Lipinski definition) is 1. The number of terminal acetylenes is 1. The molecule has 1 fully saturated rings. The van der Waals surface area contributed by atoms with E-state index in [4.69, 9.17) is 15.5 Å². The van der Waals surface area contributed by atoms with Crippen LogP contribution in [0.2, 0.25) is 0 Å². The Labute approximate surface area is 65.9 Å². The van der Waals surface area contributed by atoms with Crippen molar-refractivity contribution in [1.29, 1.82) is 0 Å². The van der Waals surface area contributed by atoms with E-state index in [0.717, 1.165) is 0 Å². The van der Waals surface area contributed by atoms with Gasteiger partial charge in [-0.05, 0) is 0 Å². The highest BCUT2D eigenvalue weighted by Gasteiger charge is 2.35. The molecule has 0 aromatic rings. The van der Waals surface area contributed by atoms with Gasteiger partial charge in [-0.3, -0.25) is 9.05 Å². The summed E-state index contributed by atoms with van der Waals surface area (Å²) in [7, 11) is -3.04. The number of rotatable bonds is 2. The normalized spacial score (nSPS) is 36.9. The van der Waals surface area contributed by atoms with Crippen molar-refractivity contribution >= 4 is 7.75 Å². The third kappa shape index (κ3) is 2.05. The molecule has 2 atom stereocenters. The molecule has 0 radical (unpaired) electrons. The summed E-state index contributed by atoms with van der Waals surface area (Å²) in [6, 6.07) is 0. The Morgan fingerprint density at radius 2 is 2.64 bits per heavy atom. The van der Waals surface area contributed by atoms with E-state index < -0.39 is 13.9 Å². The lowest BCUT2D eigenvalue weighted by atomic mass is 10.4. The molecular weight excluding hydrogens is 165 g/mol. The fraction of sp³-hybridized carbons (Fsp3) is 0.667. The summed E-state index contributed by atoms with van der Waals surface area (Å²) < 4.78 is 21.1. The van der Waals surface area contributed by atoms with Gasteiger partial charge in [0.15, 0.2) is 6.10 Å². The maximum atomic E-state index is 11.3. The molecule has 2 unspecified atom stereocenters. The van der Waals surface area contributed by atoms with Crippen LogP contribution in [0.25, 0.3) is 0 Å². The molecule has 1 aliphatic heterocycles. The quantitative estimate of drug-likeness (QED) is 0.497. The Balaban J connectivity index is 2.53. The Hall–Kier alpha value is -0.330. The zero-order valence-electron chi connectivity index (χ0n) is 6.24. The summed E-state index contributed by atoms with van der Waals surface area (Å²) in [6.07, 6.45) is 4.57. The minimum Gasteiger partial charge on any atom is -0.293 e. The van der Waals surface area contributed by atoms with Gasteiger partial charge >= 0.3 is 7.75 Å². The smallest absolute Gasteiger partial charge is 0.293 e. The van der Waals surface area contributed by atoms with Gasteiger partial charge in [-0.15, -0.1) is 6.42 Å². The average molecular weight is 175 g/mol. The Morgan fingerprint density at radius 1 is 1.91 bits per heavy atom. The molecule has 0 saturated carbocycles. The molecule has 1 heterocycles. The average Bonchev–Trinajstić information content (AvgIpc) is 2.33. The Morgan fingerprint density at radius 3 is 3.09 bits per heavy atom. The molecule has 1 aliphatic rings. The first-order chi connectivity index (χ1) is 5.20. The fourth-order valence-electron chi connectivity index (χ4n) is 0.749. The molecule has 0 aromatic carbocycles. The summed E-state index contributed by atoms with van der Waals surface area (Å²) in [5, 5.41) is 2.60. The van der Waals surface area contributed by atoms with Crippen LogP contribution in [-0.4, -0.2) is 19.3 Å². The van der Waals surface area contributed by atoms with Crippen molar-refractivity contribution in [2.45, 2.75) is 13.0 Å².